The van der Waals surface area contributed by atoms with Gasteiger partial charge in [0.15, 0.2) is 0 Å². The van der Waals surface area contributed by atoms with E-state index in [4.69, 9.17) is 11.5 Å². The summed E-state index contributed by atoms with van der Waals surface area (Å²) in [7, 11) is 0. The maximum absolute atomic E-state index is 12.5. The predicted molar refractivity (Wildman–Crippen MR) is 102 cm³/mol. The van der Waals surface area contributed by atoms with Gasteiger partial charge in [-0.1, -0.05) is 13.8 Å². The standard InChI is InChI=1S/C17H31N5O7/c1-8(2)6-11(17(28)29)21-16(27)14(9(3)23)22-15(26)10(4-5-12(19)24)20-13(25)7-18/h8-11,14,23H,4-7,18H2,1-3H3,(H2,19,24)(H,20,25)(H,21,27)(H,22,26)(H,28,29)/t9-,10+,11+,14+/m1/s1. The molecule has 0 aromatic rings. The summed E-state index contributed by atoms with van der Waals surface area (Å²) in [6, 6.07) is -3.91. The van der Waals surface area contributed by atoms with E-state index in [9.17, 15) is 34.2 Å². The topological polar surface area (TPSA) is 214 Å². The maximum atomic E-state index is 12.5. The van der Waals surface area contributed by atoms with Crippen LogP contribution in [0.1, 0.15) is 40.0 Å². The molecule has 0 rings (SSSR count). The summed E-state index contributed by atoms with van der Waals surface area (Å²) in [5.41, 5.74) is 10.3. The largest absolute Gasteiger partial charge is 0.480 e. The summed E-state index contributed by atoms with van der Waals surface area (Å²) in [4.78, 5) is 58.8. The minimum Gasteiger partial charge on any atom is -0.480 e. The SMILES string of the molecule is CC(C)C[C@H](NC(=O)[C@@H](NC(=O)[C@H](CCC(N)=O)NC(=O)CN)[C@@H](C)O)C(=O)O. The first-order valence-electron chi connectivity index (χ1n) is 9.18. The molecule has 0 radical (unpaired) electrons. The molecule has 0 unspecified atom stereocenters. The zero-order chi connectivity index (χ0) is 22.7. The highest BCUT2D eigenvalue weighted by atomic mass is 16.4. The van der Waals surface area contributed by atoms with Crippen molar-refractivity contribution in [3.63, 3.8) is 0 Å². The number of nitrogens with two attached hydrogens (primary N) is 2. The van der Waals surface area contributed by atoms with Crippen LogP contribution in [0.3, 0.4) is 0 Å². The highest BCUT2D eigenvalue weighted by Crippen LogP contribution is 2.07. The Labute approximate surface area is 168 Å². The molecule has 0 saturated heterocycles. The second kappa shape index (κ2) is 12.7. The van der Waals surface area contributed by atoms with E-state index in [1.54, 1.807) is 13.8 Å². The van der Waals surface area contributed by atoms with E-state index in [1.165, 1.54) is 6.92 Å². The first-order valence-corrected chi connectivity index (χ1v) is 9.18. The van der Waals surface area contributed by atoms with Crippen LogP contribution in [-0.4, -0.2) is 70.6 Å². The Hall–Kier alpha value is -2.73. The Bertz CT molecular complexity index is 609. The number of primary amides is 1. The van der Waals surface area contributed by atoms with E-state index in [1.807, 2.05) is 0 Å². The third-order valence-electron chi connectivity index (χ3n) is 3.90. The quantitative estimate of drug-likeness (QED) is 0.165. The first kappa shape index (κ1) is 26.3. The van der Waals surface area contributed by atoms with Crippen LogP contribution in [0.15, 0.2) is 0 Å². The van der Waals surface area contributed by atoms with E-state index in [-0.39, 0.29) is 25.2 Å². The van der Waals surface area contributed by atoms with E-state index in [2.05, 4.69) is 16.0 Å². The van der Waals surface area contributed by atoms with Gasteiger partial charge in [-0.15, -0.1) is 0 Å². The van der Waals surface area contributed by atoms with Gasteiger partial charge >= 0.3 is 5.97 Å². The van der Waals surface area contributed by atoms with Crippen molar-refractivity contribution in [1.82, 2.24) is 16.0 Å². The molecule has 12 heteroatoms. The molecule has 166 valence electrons. The van der Waals surface area contributed by atoms with Crippen LogP contribution in [0.2, 0.25) is 0 Å². The molecule has 0 aromatic carbocycles. The molecule has 0 aromatic heterocycles. The molecule has 12 nitrogen and oxygen atoms in total. The minimum absolute atomic E-state index is 0.0272. The van der Waals surface area contributed by atoms with Crippen LogP contribution >= 0.6 is 0 Å². The van der Waals surface area contributed by atoms with E-state index in [0.29, 0.717) is 0 Å². The van der Waals surface area contributed by atoms with Crippen molar-refractivity contribution in [3.8, 4) is 0 Å². The van der Waals surface area contributed by atoms with Crippen LogP contribution in [-0.2, 0) is 24.0 Å². The molecular formula is C17H31N5O7. The molecule has 0 saturated carbocycles. The fourth-order valence-electron chi connectivity index (χ4n) is 2.42. The van der Waals surface area contributed by atoms with Crippen LogP contribution in [0, 0.1) is 5.92 Å². The zero-order valence-electron chi connectivity index (χ0n) is 16.8. The summed E-state index contributed by atoms with van der Waals surface area (Å²) in [5.74, 6) is -4.41. The highest BCUT2D eigenvalue weighted by Gasteiger charge is 2.32. The number of aliphatic hydroxyl groups is 1. The first-order chi connectivity index (χ1) is 13.4. The number of hydrogen-bond donors (Lipinski definition) is 7. The molecule has 0 heterocycles. The van der Waals surface area contributed by atoms with Crippen molar-refractivity contribution in [2.24, 2.45) is 17.4 Å². The molecule has 0 aliphatic heterocycles. The molecule has 0 fully saturated rings. The maximum Gasteiger partial charge on any atom is 0.326 e. The lowest BCUT2D eigenvalue weighted by Gasteiger charge is -2.26. The number of carboxylic acid groups (broad SMARTS) is 1. The second-order valence-electron chi connectivity index (χ2n) is 7.09. The Morgan fingerprint density at radius 1 is 0.931 bits per heavy atom. The van der Waals surface area contributed by atoms with E-state index < -0.39 is 60.4 Å². The van der Waals surface area contributed by atoms with Crippen LogP contribution < -0.4 is 27.4 Å². The van der Waals surface area contributed by atoms with Gasteiger partial charge in [0.05, 0.1) is 12.6 Å². The third kappa shape index (κ3) is 10.4. The van der Waals surface area contributed by atoms with Gasteiger partial charge in [0, 0.05) is 6.42 Å². The number of carbonyl (C=O) groups excluding carboxylic acids is 4. The highest BCUT2D eigenvalue weighted by molar-refractivity contribution is 5.94. The van der Waals surface area contributed by atoms with Crippen molar-refractivity contribution >= 4 is 29.6 Å². The monoisotopic (exact) mass is 417 g/mol. The number of amides is 4. The normalized spacial score (nSPS) is 15.0. The number of aliphatic carboxylic acids is 1. The van der Waals surface area contributed by atoms with Crippen molar-refractivity contribution in [3.05, 3.63) is 0 Å². The molecule has 0 aliphatic rings. The number of nitrogens with one attached hydrogen (secondary N) is 3. The van der Waals surface area contributed by atoms with Crippen LogP contribution in [0.5, 0.6) is 0 Å². The number of carboxylic acids is 1. The smallest absolute Gasteiger partial charge is 0.326 e. The lowest BCUT2D eigenvalue weighted by atomic mass is 10.0. The van der Waals surface area contributed by atoms with Gasteiger partial charge in [0.25, 0.3) is 0 Å². The van der Waals surface area contributed by atoms with Crippen molar-refractivity contribution in [2.45, 2.75) is 64.3 Å². The average molecular weight is 417 g/mol. The fourth-order valence-corrected chi connectivity index (χ4v) is 2.42. The number of hydrogen-bond acceptors (Lipinski definition) is 7. The van der Waals surface area contributed by atoms with E-state index >= 15 is 0 Å². The molecule has 0 aliphatic carbocycles. The summed E-state index contributed by atoms with van der Waals surface area (Å²) < 4.78 is 0. The zero-order valence-corrected chi connectivity index (χ0v) is 16.8. The summed E-state index contributed by atoms with van der Waals surface area (Å²) in [6.45, 7) is 4.38. The minimum atomic E-state index is -1.48. The van der Waals surface area contributed by atoms with Gasteiger partial charge in [-0.05, 0) is 25.7 Å². The molecular weight excluding hydrogens is 386 g/mol. The second-order valence-corrected chi connectivity index (χ2v) is 7.09. The fraction of sp³-hybridized carbons (Fsp3) is 0.706. The Morgan fingerprint density at radius 2 is 1.52 bits per heavy atom. The lowest BCUT2D eigenvalue weighted by Crippen LogP contribution is -2.59. The van der Waals surface area contributed by atoms with Gasteiger partial charge < -0.3 is 37.6 Å². The average Bonchev–Trinajstić information content (AvgIpc) is 2.60. The number of rotatable bonds is 13. The van der Waals surface area contributed by atoms with Gasteiger partial charge in [-0.2, -0.15) is 0 Å². The third-order valence-corrected chi connectivity index (χ3v) is 3.90. The lowest BCUT2D eigenvalue weighted by molar-refractivity contribution is -0.143. The molecule has 4 amide bonds. The summed E-state index contributed by atoms with van der Waals surface area (Å²) in [6.07, 6.45) is -1.58. The van der Waals surface area contributed by atoms with Crippen molar-refractivity contribution in [1.29, 1.82) is 0 Å². The van der Waals surface area contributed by atoms with Crippen LogP contribution in [0.4, 0.5) is 0 Å². The van der Waals surface area contributed by atoms with Gasteiger partial charge in [-0.3, -0.25) is 19.2 Å². The molecule has 9 N–H and O–H groups in total. The Kier molecular flexibility index (Phi) is 11.5. The number of aliphatic hydroxyl groups excluding tert-OH is 1. The van der Waals surface area contributed by atoms with Gasteiger partial charge in [-0.25, -0.2) is 4.79 Å². The van der Waals surface area contributed by atoms with Crippen LogP contribution in [0.25, 0.3) is 0 Å². The predicted octanol–water partition coefficient (Wildman–Crippen LogP) is -2.82. The number of carbonyl (C=O) groups is 5. The Balaban J connectivity index is 5.30. The van der Waals surface area contributed by atoms with Gasteiger partial charge in [0.1, 0.15) is 18.1 Å². The molecule has 4 atom stereocenters. The molecule has 29 heavy (non-hydrogen) atoms. The summed E-state index contributed by atoms with van der Waals surface area (Å²) >= 11 is 0. The van der Waals surface area contributed by atoms with E-state index in [0.717, 1.165) is 0 Å². The van der Waals surface area contributed by atoms with Gasteiger partial charge in [0.2, 0.25) is 23.6 Å². The Morgan fingerprint density at radius 3 is 1.93 bits per heavy atom. The summed E-state index contributed by atoms with van der Waals surface area (Å²) in [5, 5.41) is 26.0. The molecule has 0 spiro atoms. The van der Waals surface area contributed by atoms with Crippen molar-refractivity contribution in [2.75, 3.05) is 6.54 Å². The molecule has 0 bridgehead atoms. The van der Waals surface area contributed by atoms with Crippen molar-refractivity contribution < 1.29 is 34.2 Å².